The van der Waals surface area contributed by atoms with Gasteiger partial charge in [-0.3, -0.25) is 5.01 Å². The van der Waals surface area contributed by atoms with Crippen molar-refractivity contribution in [1.82, 2.24) is 5.01 Å². The van der Waals surface area contributed by atoms with Gasteiger partial charge in [-0.2, -0.15) is 0 Å². The molecule has 1 aliphatic rings. The molecule has 1 aromatic carbocycles. The average Bonchev–Trinajstić information content (AvgIpc) is 2.39. The maximum atomic E-state index is 10.5. The summed E-state index contributed by atoms with van der Waals surface area (Å²) in [5, 5.41) is 8.08. The van der Waals surface area contributed by atoms with E-state index < -0.39 is 0 Å². The summed E-state index contributed by atoms with van der Waals surface area (Å²) in [6.45, 7) is 0. The minimum Gasteiger partial charge on any atom is -0.382 e. The molecule has 1 aromatic rings. The molecular weight excluding hydrogens is 214 g/mol. The zero-order valence-corrected chi connectivity index (χ0v) is 10.2. The van der Waals surface area contributed by atoms with Gasteiger partial charge in [-0.1, -0.05) is 18.2 Å². The van der Waals surface area contributed by atoms with Crippen molar-refractivity contribution >= 4 is 5.69 Å². The zero-order valence-electron chi connectivity index (χ0n) is 10.2. The van der Waals surface area contributed by atoms with Crippen LogP contribution in [0.1, 0.15) is 25.7 Å². The van der Waals surface area contributed by atoms with E-state index in [1.54, 1.807) is 12.1 Å². The van der Waals surface area contributed by atoms with Crippen molar-refractivity contribution in [3.8, 4) is 0 Å². The highest BCUT2D eigenvalue weighted by molar-refractivity contribution is 5.43. The zero-order chi connectivity index (χ0) is 12.1. The van der Waals surface area contributed by atoms with E-state index in [2.05, 4.69) is 22.7 Å². The Bertz CT molecular complexity index is 355. The Morgan fingerprint density at radius 1 is 1.29 bits per heavy atom. The summed E-state index contributed by atoms with van der Waals surface area (Å²) in [6.07, 6.45) is 4.36. The van der Waals surface area contributed by atoms with E-state index >= 15 is 0 Å². The molecule has 0 radical (unpaired) electrons. The van der Waals surface area contributed by atoms with Gasteiger partial charge in [0.2, 0.25) is 0 Å². The number of nitrogens with zero attached hydrogens (tertiary/aromatic N) is 2. The van der Waals surface area contributed by atoms with Gasteiger partial charge in [0.05, 0.1) is 11.3 Å². The van der Waals surface area contributed by atoms with Crippen LogP contribution in [0, 0.1) is 4.91 Å². The monoisotopic (exact) mass is 233 g/mol. The molecule has 1 fully saturated rings. The molecule has 4 heteroatoms. The topological polar surface area (TPSA) is 44.7 Å². The van der Waals surface area contributed by atoms with Gasteiger partial charge in [0.25, 0.3) is 0 Å². The second-order valence-corrected chi connectivity index (χ2v) is 4.68. The summed E-state index contributed by atoms with van der Waals surface area (Å²) in [5.74, 6) is 0. The van der Waals surface area contributed by atoms with Crippen molar-refractivity contribution in [3.63, 3.8) is 0 Å². The van der Waals surface area contributed by atoms with Gasteiger partial charge >= 0.3 is 0 Å². The van der Waals surface area contributed by atoms with Crippen LogP contribution in [0.5, 0.6) is 0 Å². The molecule has 0 aromatic heterocycles. The lowest BCUT2D eigenvalue weighted by molar-refractivity contribution is 0.189. The van der Waals surface area contributed by atoms with E-state index in [4.69, 9.17) is 0 Å². The molecule has 4 nitrogen and oxygen atoms in total. The van der Waals surface area contributed by atoms with Crippen molar-refractivity contribution in [2.24, 2.45) is 5.29 Å². The van der Waals surface area contributed by atoms with Crippen molar-refractivity contribution in [3.05, 3.63) is 35.2 Å². The Hall–Kier alpha value is -1.58. The third-order valence-corrected chi connectivity index (χ3v) is 3.45. The summed E-state index contributed by atoms with van der Waals surface area (Å²) in [7, 11) is 1.77. The van der Waals surface area contributed by atoms with Crippen LogP contribution in [0.4, 0.5) is 5.69 Å². The van der Waals surface area contributed by atoms with Crippen molar-refractivity contribution < 1.29 is 0 Å². The lowest BCUT2D eigenvalue weighted by atomic mass is 9.90. The van der Waals surface area contributed by atoms with E-state index in [1.807, 2.05) is 18.2 Å². The minimum atomic E-state index is 0.280. The first-order chi connectivity index (χ1) is 8.29. The van der Waals surface area contributed by atoms with Crippen LogP contribution < -0.4 is 5.32 Å². The Balaban J connectivity index is 1.91. The number of nitroso groups, excluding NO2 is 1. The van der Waals surface area contributed by atoms with E-state index in [9.17, 15) is 4.91 Å². The van der Waals surface area contributed by atoms with Gasteiger partial charge in [-0.25, -0.2) is 0 Å². The third kappa shape index (κ3) is 3.19. The SMILES string of the molecule is CN(N=O)C1CCCC(Nc2ccccc2)C1. The fourth-order valence-electron chi connectivity index (χ4n) is 2.47. The number of anilines is 1. The number of benzene rings is 1. The quantitative estimate of drug-likeness (QED) is 0.642. The van der Waals surface area contributed by atoms with Gasteiger partial charge in [-0.15, -0.1) is 4.91 Å². The molecule has 1 N–H and O–H groups in total. The molecule has 17 heavy (non-hydrogen) atoms. The number of nitrogens with one attached hydrogen (secondary N) is 1. The van der Waals surface area contributed by atoms with Gasteiger partial charge < -0.3 is 5.32 Å². The van der Waals surface area contributed by atoms with Crippen LogP contribution in [0.25, 0.3) is 0 Å². The number of rotatable bonds is 4. The molecule has 92 valence electrons. The largest absolute Gasteiger partial charge is 0.382 e. The van der Waals surface area contributed by atoms with Gasteiger partial charge in [0.1, 0.15) is 0 Å². The maximum absolute atomic E-state index is 10.5. The molecule has 1 saturated carbocycles. The van der Waals surface area contributed by atoms with Gasteiger partial charge in [0.15, 0.2) is 0 Å². The van der Waals surface area contributed by atoms with E-state index in [1.165, 1.54) is 0 Å². The van der Waals surface area contributed by atoms with Crippen LogP contribution in [0.2, 0.25) is 0 Å². The van der Waals surface area contributed by atoms with Crippen LogP contribution in [0.15, 0.2) is 35.6 Å². The fraction of sp³-hybridized carbons (Fsp3) is 0.538. The minimum absolute atomic E-state index is 0.280. The number of hydrogen-bond donors (Lipinski definition) is 1. The number of para-hydroxylation sites is 1. The van der Waals surface area contributed by atoms with E-state index in [0.29, 0.717) is 6.04 Å². The molecule has 0 saturated heterocycles. The fourth-order valence-corrected chi connectivity index (χ4v) is 2.47. The second-order valence-electron chi connectivity index (χ2n) is 4.68. The predicted octanol–water partition coefficient (Wildman–Crippen LogP) is 3.02. The van der Waals surface area contributed by atoms with E-state index in [-0.39, 0.29) is 6.04 Å². The van der Waals surface area contributed by atoms with Crippen molar-refractivity contribution in [2.45, 2.75) is 37.8 Å². The molecule has 2 rings (SSSR count). The van der Waals surface area contributed by atoms with Crippen LogP contribution >= 0.6 is 0 Å². The van der Waals surface area contributed by atoms with Crippen LogP contribution in [-0.4, -0.2) is 24.1 Å². The predicted molar refractivity (Wildman–Crippen MR) is 69.7 cm³/mol. The van der Waals surface area contributed by atoms with Crippen molar-refractivity contribution in [2.75, 3.05) is 12.4 Å². The molecule has 2 unspecified atom stereocenters. The Morgan fingerprint density at radius 3 is 2.76 bits per heavy atom. The summed E-state index contributed by atoms with van der Waals surface area (Å²) in [4.78, 5) is 10.5. The van der Waals surface area contributed by atoms with Gasteiger partial charge in [0, 0.05) is 18.8 Å². The molecule has 1 aliphatic carbocycles. The highest BCUT2D eigenvalue weighted by Gasteiger charge is 2.24. The summed E-state index contributed by atoms with van der Waals surface area (Å²) < 4.78 is 0. The molecule has 0 heterocycles. The van der Waals surface area contributed by atoms with Gasteiger partial charge in [-0.05, 0) is 37.8 Å². The molecule has 0 bridgehead atoms. The van der Waals surface area contributed by atoms with Crippen LogP contribution in [-0.2, 0) is 0 Å². The third-order valence-electron chi connectivity index (χ3n) is 3.45. The molecule has 2 atom stereocenters. The number of hydrogen-bond acceptors (Lipinski definition) is 3. The summed E-state index contributed by atoms with van der Waals surface area (Å²) >= 11 is 0. The Labute approximate surface area is 102 Å². The first-order valence-electron chi connectivity index (χ1n) is 6.17. The first kappa shape index (κ1) is 11.9. The second kappa shape index (κ2) is 5.66. The molecule has 0 aliphatic heterocycles. The van der Waals surface area contributed by atoms with Crippen LogP contribution in [0.3, 0.4) is 0 Å². The maximum Gasteiger partial charge on any atom is 0.0523 e. The highest BCUT2D eigenvalue weighted by atomic mass is 16.3. The van der Waals surface area contributed by atoms with E-state index in [0.717, 1.165) is 31.4 Å². The standard InChI is InChI=1S/C13H19N3O/c1-16(15-17)13-9-5-8-12(10-13)14-11-6-3-2-4-7-11/h2-4,6-7,12-14H,5,8-10H2,1H3. The summed E-state index contributed by atoms with van der Waals surface area (Å²) in [5.41, 5.74) is 1.15. The normalized spacial score (nSPS) is 24.1. The summed E-state index contributed by atoms with van der Waals surface area (Å²) in [6, 6.07) is 10.9. The smallest absolute Gasteiger partial charge is 0.0523 e. The van der Waals surface area contributed by atoms with Crippen molar-refractivity contribution in [1.29, 1.82) is 0 Å². The first-order valence-corrected chi connectivity index (χ1v) is 6.17. The molecule has 0 spiro atoms. The average molecular weight is 233 g/mol. The lowest BCUT2D eigenvalue weighted by Gasteiger charge is -2.33. The Morgan fingerprint density at radius 2 is 2.06 bits per heavy atom. The molecule has 0 amide bonds. The highest BCUT2D eigenvalue weighted by Crippen LogP contribution is 2.25. The molecular formula is C13H19N3O. The Kier molecular flexibility index (Phi) is 3.96. The lowest BCUT2D eigenvalue weighted by Crippen LogP contribution is -2.37.